The summed E-state index contributed by atoms with van der Waals surface area (Å²) in [7, 11) is 1.62. The number of aliphatic hydroxyl groups is 1. The molecule has 3 N–H and O–H groups in total. The van der Waals surface area contributed by atoms with Crippen LogP contribution in [0.1, 0.15) is 47.3 Å². The summed E-state index contributed by atoms with van der Waals surface area (Å²) < 4.78 is 20.2. The van der Waals surface area contributed by atoms with Crippen LogP contribution in [0.25, 0.3) is 0 Å². The first-order chi connectivity index (χ1) is 23.2. The molecule has 0 spiro atoms. The summed E-state index contributed by atoms with van der Waals surface area (Å²) in [6.45, 7) is 10.2. The Bertz CT molecular complexity index is 1720. The van der Waals surface area contributed by atoms with Gasteiger partial charge in [0.05, 0.1) is 13.7 Å². The molecule has 3 amide bonds. The number of allylic oxidation sites excluding steroid dienone is 3. The zero-order chi connectivity index (χ0) is 34.2. The van der Waals surface area contributed by atoms with Crippen molar-refractivity contribution in [3.8, 4) is 17.6 Å². The van der Waals surface area contributed by atoms with Crippen LogP contribution in [0.15, 0.2) is 65.1 Å². The molecule has 4 heterocycles. The molecule has 0 aromatic heterocycles. The fourth-order valence-electron chi connectivity index (χ4n) is 5.80. The molecule has 4 aliphatic heterocycles. The highest BCUT2D eigenvalue weighted by Gasteiger charge is 2.25. The average molecular weight is 657 g/mol. The monoisotopic (exact) mass is 656 g/mol. The number of hydrogen-bond donors (Lipinski definition) is 3. The number of methoxy groups -OCH3 is 1. The lowest BCUT2D eigenvalue weighted by Crippen LogP contribution is -2.55. The van der Waals surface area contributed by atoms with Gasteiger partial charge in [-0.3, -0.25) is 14.4 Å². The number of rotatable bonds is 5. The Labute approximate surface area is 280 Å². The highest BCUT2D eigenvalue weighted by atomic mass is 19.1. The van der Waals surface area contributed by atoms with Gasteiger partial charge in [-0.1, -0.05) is 24.8 Å². The minimum absolute atomic E-state index is 0.0761. The van der Waals surface area contributed by atoms with E-state index < -0.39 is 17.8 Å². The second-order valence-corrected chi connectivity index (χ2v) is 11.6. The van der Waals surface area contributed by atoms with Crippen LogP contribution in [0.4, 0.5) is 4.39 Å². The van der Waals surface area contributed by atoms with E-state index in [-0.39, 0.29) is 35.4 Å². The Kier molecular flexibility index (Phi) is 11.1. The Morgan fingerprint density at radius 2 is 1.79 bits per heavy atom. The number of benzene rings is 2. The summed E-state index contributed by atoms with van der Waals surface area (Å²) in [5, 5.41) is 15.4. The number of aliphatic imine (C=N–C) groups is 1. The lowest BCUT2D eigenvalue weighted by Gasteiger charge is -2.35. The van der Waals surface area contributed by atoms with Crippen molar-refractivity contribution in [3.05, 3.63) is 88.2 Å². The SMILES string of the molecule is CCN1CCN(C2=CCC=C(O)C(c3ccc(C#CC4NC(=O)CNC4=O)cc3F)=N2)CC1.CCN1CCc2ccc(OC)cc2C1=O. The van der Waals surface area contributed by atoms with Crippen LogP contribution in [0.2, 0.25) is 0 Å². The van der Waals surface area contributed by atoms with Gasteiger partial charge >= 0.3 is 0 Å². The second-order valence-electron chi connectivity index (χ2n) is 11.6. The van der Waals surface area contributed by atoms with Gasteiger partial charge in [0.25, 0.3) is 11.8 Å². The van der Waals surface area contributed by atoms with E-state index in [0.717, 1.165) is 74.9 Å². The normalized spacial score (nSPS) is 19.5. The molecule has 1 unspecified atom stereocenters. The molecule has 12 heteroatoms. The molecule has 0 aliphatic carbocycles. The second kappa shape index (κ2) is 15.6. The van der Waals surface area contributed by atoms with E-state index in [1.165, 1.54) is 12.1 Å². The number of piperazine rings is 2. The van der Waals surface area contributed by atoms with Gasteiger partial charge in [0, 0.05) is 56.0 Å². The number of nitrogens with one attached hydrogen (secondary N) is 2. The van der Waals surface area contributed by atoms with E-state index in [2.05, 4.69) is 44.2 Å². The first kappa shape index (κ1) is 34.2. The molecule has 48 heavy (non-hydrogen) atoms. The third-order valence-corrected chi connectivity index (χ3v) is 8.67. The zero-order valence-electron chi connectivity index (χ0n) is 27.5. The molecule has 2 saturated heterocycles. The van der Waals surface area contributed by atoms with Crippen LogP contribution >= 0.6 is 0 Å². The number of aliphatic hydroxyl groups excluding tert-OH is 1. The summed E-state index contributed by atoms with van der Waals surface area (Å²) in [6.07, 6.45) is 5.00. The molecular weight excluding hydrogens is 615 g/mol. The minimum atomic E-state index is -0.979. The Morgan fingerprint density at radius 1 is 1.00 bits per heavy atom. The van der Waals surface area contributed by atoms with Crippen LogP contribution in [0, 0.1) is 17.7 Å². The van der Waals surface area contributed by atoms with E-state index in [9.17, 15) is 19.5 Å². The van der Waals surface area contributed by atoms with Crippen LogP contribution in [-0.4, -0.2) is 109 Å². The topological polar surface area (TPSA) is 127 Å². The highest BCUT2D eigenvalue weighted by molar-refractivity contribution is 6.12. The van der Waals surface area contributed by atoms with Gasteiger partial charge in [-0.25, -0.2) is 9.38 Å². The van der Waals surface area contributed by atoms with Crippen LogP contribution in [0.3, 0.4) is 0 Å². The van der Waals surface area contributed by atoms with Crippen LogP contribution < -0.4 is 15.4 Å². The van der Waals surface area contributed by atoms with Crippen molar-refractivity contribution in [2.75, 3.05) is 59.5 Å². The summed E-state index contributed by atoms with van der Waals surface area (Å²) in [6, 6.07) is 9.09. The smallest absolute Gasteiger partial charge is 0.255 e. The largest absolute Gasteiger partial charge is 0.506 e. The molecule has 252 valence electrons. The maximum absolute atomic E-state index is 15.0. The molecule has 6 rings (SSSR count). The first-order valence-corrected chi connectivity index (χ1v) is 16.2. The lowest BCUT2D eigenvalue weighted by atomic mass is 9.99. The maximum atomic E-state index is 15.0. The number of halogens is 1. The van der Waals surface area contributed by atoms with Crippen molar-refractivity contribution < 1.29 is 28.6 Å². The Morgan fingerprint density at radius 3 is 2.50 bits per heavy atom. The fourth-order valence-corrected chi connectivity index (χ4v) is 5.80. The van der Waals surface area contributed by atoms with Gasteiger partial charge in [-0.2, -0.15) is 0 Å². The molecule has 2 fully saturated rings. The van der Waals surface area contributed by atoms with Crippen molar-refractivity contribution in [1.29, 1.82) is 0 Å². The Balaban J connectivity index is 0.000000250. The quantitative estimate of drug-likeness (QED) is 0.423. The third kappa shape index (κ3) is 8.04. The van der Waals surface area contributed by atoms with E-state index in [4.69, 9.17) is 4.74 Å². The van der Waals surface area contributed by atoms with Gasteiger partial charge in [0.2, 0.25) is 5.91 Å². The van der Waals surface area contributed by atoms with E-state index in [0.29, 0.717) is 12.0 Å². The number of amides is 3. The number of fused-ring (bicyclic) bond motifs is 1. The first-order valence-electron chi connectivity index (χ1n) is 16.2. The number of carbonyl (C=O) groups excluding carboxylic acids is 3. The number of nitrogens with zero attached hydrogens (tertiary/aromatic N) is 4. The summed E-state index contributed by atoms with van der Waals surface area (Å²) >= 11 is 0. The van der Waals surface area contributed by atoms with Crippen molar-refractivity contribution in [3.63, 3.8) is 0 Å². The predicted molar refractivity (Wildman–Crippen MR) is 180 cm³/mol. The standard InChI is InChI=1S/C24H26FN5O3.C12H15NO2/c1-2-29-10-12-30(13-11-29)21-5-3-4-20(31)23(28-21)17-8-6-16(14-18(17)25)7-9-19-24(33)26-15-22(32)27-19;1-3-13-7-6-9-4-5-10(15-2)8-11(9)12(13)14/h4-6,8,14,19,31H,2-3,10-13,15H2,1H3,(H,26,33)(H,27,32);4-5,8H,3,6-7H2,1-2H3. The molecule has 0 bridgehead atoms. The summed E-state index contributed by atoms with van der Waals surface area (Å²) in [4.78, 5) is 46.2. The number of carbonyl (C=O) groups is 3. The van der Waals surface area contributed by atoms with E-state index in [1.807, 2.05) is 36.1 Å². The van der Waals surface area contributed by atoms with E-state index in [1.54, 1.807) is 19.3 Å². The predicted octanol–water partition coefficient (Wildman–Crippen LogP) is 2.62. The van der Waals surface area contributed by atoms with Gasteiger partial charge in [-0.05, 0) is 74.4 Å². The minimum Gasteiger partial charge on any atom is -0.506 e. The van der Waals surface area contributed by atoms with E-state index >= 15 is 4.39 Å². The molecule has 1 atom stereocenters. The third-order valence-electron chi connectivity index (χ3n) is 8.67. The number of ether oxygens (including phenoxy) is 1. The highest BCUT2D eigenvalue weighted by Crippen LogP contribution is 2.24. The van der Waals surface area contributed by atoms with Gasteiger partial charge in [0.15, 0.2) is 6.04 Å². The van der Waals surface area contributed by atoms with Gasteiger partial charge in [-0.15, -0.1) is 0 Å². The summed E-state index contributed by atoms with van der Waals surface area (Å²) in [5.41, 5.74) is 2.60. The van der Waals surface area contributed by atoms with Crippen molar-refractivity contribution in [2.24, 2.45) is 4.99 Å². The average Bonchev–Trinajstić information content (AvgIpc) is 3.30. The zero-order valence-corrected chi connectivity index (χ0v) is 27.5. The molecular formula is C36H41FN6O5. The fraction of sp³-hybridized carbons (Fsp3) is 0.389. The van der Waals surface area contributed by atoms with Crippen LogP contribution in [-0.2, 0) is 16.0 Å². The van der Waals surface area contributed by atoms with Crippen molar-refractivity contribution in [2.45, 2.75) is 32.7 Å². The van der Waals surface area contributed by atoms with Crippen molar-refractivity contribution >= 4 is 23.4 Å². The number of likely N-dealkylation sites (N-methyl/N-ethyl adjacent to an activating group) is 2. The lowest BCUT2D eigenvalue weighted by molar-refractivity contribution is -0.132. The number of hydrogen-bond acceptors (Lipinski definition) is 8. The molecule has 0 saturated carbocycles. The van der Waals surface area contributed by atoms with Crippen LogP contribution in [0.5, 0.6) is 5.75 Å². The Hall–Kier alpha value is -5.15. The maximum Gasteiger partial charge on any atom is 0.255 e. The molecule has 11 nitrogen and oxygen atoms in total. The molecule has 0 radical (unpaired) electrons. The summed E-state index contributed by atoms with van der Waals surface area (Å²) in [5.74, 6) is 5.58. The molecule has 2 aromatic rings. The van der Waals surface area contributed by atoms with Crippen molar-refractivity contribution in [1.82, 2.24) is 25.3 Å². The van der Waals surface area contributed by atoms with Gasteiger partial charge < -0.3 is 35.2 Å². The molecule has 4 aliphatic rings. The molecule has 2 aromatic carbocycles. The van der Waals surface area contributed by atoms with Gasteiger partial charge in [0.1, 0.15) is 28.9 Å².